The number of amides is 2. The van der Waals surface area contributed by atoms with Crippen LogP contribution in [-0.4, -0.2) is 36.3 Å². The van der Waals surface area contributed by atoms with E-state index in [0.29, 0.717) is 19.5 Å². The third-order valence-corrected chi connectivity index (χ3v) is 5.16. The molecule has 0 bridgehead atoms. The number of carbonyl (C=O) groups is 2. The first-order valence-corrected chi connectivity index (χ1v) is 10.4. The number of rotatable bonds is 4. The lowest BCUT2D eigenvalue weighted by atomic mass is 10.0. The van der Waals surface area contributed by atoms with Gasteiger partial charge in [-0.25, -0.2) is 0 Å². The van der Waals surface area contributed by atoms with Crippen molar-refractivity contribution in [1.82, 2.24) is 4.90 Å². The molecule has 2 amide bonds. The molecule has 0 saturated carbocycles. The second-order valence-electron chi connectivity index (χ2n) is 7.75. The van der Waals surface area contributed by atoms with Crippen LogP contribution in [0.1, 0.15) is 64.4 Å². The van der Waals surface area contributed by atoms with E-state index in [4.69, 9.17) is 5.73 Å². The van der Waals surface area contributed by atoms with Gasteiger partial charge in [-0.05, 0) is 37.4 Å². The number of hydrogen-bond donors (Lipinski definition) is 1. The molecule has 0 unspecified atom stereocenters. The highest BCUT2D eigenvalue weighted by Gasteiger charge is 2.23. The van der Waals surface area contributed by atoms with Gasteiger partial charge in [0, 0.05) is 37.7 Å². The maximum absolute atomic E-state index is 12.9. The summed E-state index contributed by atoms with van der Waals surface area (Å²) in [6, 6.07) is 8.03. The van der Waals surface area contributed by atoms with Crippen LogP contribution in [0.2, 0.25) is 0 Å². The lowest BCUT2D eigenvalue weighted by Crippen LogP contribution is -2.37. The van der Waals surface area contributed by atoms with E-state index in [9.17, 15) is 9.59 Å². The van der Waals surface area contributed by atoms with E-state index in [-0.39, 0.29) is 17.7 Å². The van der Waals surface area contributed by atoms with Gasteiger partial charge in [0.15, 0.2) is 0 Å². The summed E-state index contributed by atoms with van der Waals surface area (Å²) in [6.07, 6.45) is 6.65. The molecule has 2 N–H and O–H groups in total. The lowest BCUT2D eigenvalue weighted by molar-refractivity contribution is -0.132. The van der Waals surface area contributed by atoms with Crippen LogP contribution in [0.5, 0.6) is 0 Å². The number of fused-ring (bicyclic) bond motifs is 1. The zero-order chi connectivity index (χ0) is 19.6. The minimum absolute atomic E-state index is 0.0479. The normalized spacial score (nSPS) is 16.4. The highest BCUT2D eigenvalue weighted by molar-refractivity contribution is 5.95. The van der Waals surface area contributed by atoms with Crippen LogP contribution in [0.3, 0.4) is 0 Å². The fraction of sp³-hybridized carbons (Fsp3) is 0.636. The number of para-hydroxylation sites is 1. The minimum Gasteiger partial charge on any atom is -0.338 e. The summed E-state index contributed by atoms with van der Waals surface area (Å²) in [5.74, 6) is 0.266. The van der Waals surface area contributed by atoms with Crippen molar-refractivity contribution in [3.8, 4) is 0 Å². The molecule has 2 rings (SSSR count). The Labute approximate surface area is 163 Å². The zero-order valence-electron chi connectivity index (χ0n) is 17.0. The van der Waals surface area contributed by atoms with Gasteiger partial charge < -0.3 is 15.5 Å². The molecule has 5 nitrogen and oxygen atoms in total. The van der Waals surface area contributed by atoms with E-state index in [1.54, 1.807) is 0 Å². The highest BCUT2D eigenvalue weighted by Crippen LogP contribution is 2.26. The average Bonchev–Trinajstić information content (AvgIpc) is 2.66. The maximum Gasteiger partial charge on any atom is 0.229 e. The molecule has 1 aromatic rings. The predicted octanol–water partition coefficient (Wildman–Crippen LogP) is 3.71. The predicted molar refractivity (Wildman–Crippen MR) is 110 cm³/mol. The van der Waals surface area contributed by atoms with E-state index in [2.05, 4.69) is 0 Å². The summed E-state index contributed by atoms with van der Waals surface area (Å²) >= 11 is 0. The Hall–Kier alpha value is -1.88. The van der Waals surface area contributed by atoms with E-state index in [1.165, 1.54) is 0 Å². The van der Waals surface area contributed by atoms with Crippen molar-refractivity contribution < 1.29 is 9.59 Å². The molecule has 150 valence electrons. The first-order valence-electron chi connectivity index (χ1n) is 10.4. The third-order valence-electron chi connectivity index (χ3n) is 5.16. The van der Waals surface area contributed by atoms with Crippen LogP contribution in [0.4, 0.5) is 5.69 Å². The van der Waals surface area contributed by atoms with Crippen LogP contribution in [-0.2, 0) is 16.1 Å². The minimum atomic E-state index is -0.0479. The third kappa shape index (κ3) is 6.35. The molecule has 0 spiro atoms. The first-order chi connectivity index (χ1) is 13.0. The maximum atomic E-state index is 12.9. The fourth-order valence-electron chi connectivity index (χ4n) is 3.58. The Morgan fingerprint density at radius 1 is 1.04 bits per heavy atom. The summed E-state index contributed by atoms with van der Waals surface area (Å²) in [5.41, 5.74) is 7.59. The molecule has 0 saturated heterocycles. The largest absolute Gasteiger partial charge is 0.338 e. The van der Waals surface area contributed by atoms with Crippen LogP contribution < -0.4 is 10.6 Å². The van der Waals surface area contributed by atoms with Crippen molar-refractivity contribution in [1.29, 1.82) is 0 Å². The van der Waals surface area contributed by atoms with Gasteiger partial charge in [0.05, 0.1) is 0 Å². The lowest BCUT2D eigenvalue weighted by Gasteiger charge is -2.30. The SMILES string of the molecule is CC(C)C(=O)N1CCCCCCCN(C(=O)CCCN)Cc2ccccc21. The van der Waals surface area contributed by atoms with E-state index < -0.39 is 0 Å². The van der Waals surface area contributed by atoms with Crippen molar-refractivity contribution in [3.63, 3.8) is 0 Å². The quantitative estimate of drug-likeness (QED) is 0.875. The summed E-state index contributed by atoms with van der Waals surface area (Å²) < 4.78 is 0. The van der Waals surface area contributed by atoms with Gasteiger partial charge in [0.25, 0.3) is 0 Å². The second kappa shape index (κ2) is 11.1. The van der Waals surface area contributed by atoms with Crippen molar-refractivity contribution in [3.05, 3.63) is 29.8 Å². The molecule has 1 aromatic carbocycles. The Balaban J connectivity index is 2.32. The Morgan fingerprint density at radius 2 is 1.70 bits per heavy atom. The van der Waals surface area contributed by atoms with Gasteiger partial charge in [-0.1, -0.05) is 51.3 Å². The van der Waals surface area contributed by atoms with Gasteiger partial charge in [-0.3, -0.25) is 9.59 Å². The van der Waals surface area contributed by atoms with Crippen molar-refractivity contribution >= 4 is 17.5 Å². The molecule has 1 aliphatic heterocycles. The summed E-state index contributed by atoms with van der Waals surface area (Å²) in [7, 11) is 0. The molecular formula is C22H35N3O2. The summed E-state index contributed by atoms with van der Waals surface area (Å²) in [5, 5.41) is 0. The van der Waals surface area contributed by atoms with Crippen LogP contribution in [0.15, 0.2) is 24.3 Å². The van der Waals surface area contributed by atoms with Crippen LogP contribution >= 0.6 is 0 Å². The van der Waals surface area contributed by atoms with Gasteiger partial charge >= 0.3 is 0 Å². The Morgan fingerprint density at radius 3 is 2.41 bits per heavy atom. The van der Waals surface area contributed by atoms with E-state index in [1.807, 2.05) is 47.9 Å². The van der Waals surface area contributed by atoms with Crippen LogP contribution in [0.25, 0.3) is 0 Å². The van der Waals surface area contributed by atoms with Crippen molar-refractivity contribution in [2.24, 2.45) is 11.7 Å². The van der Waals surface area contributed by atoms with E-state index >= 15 is 0 Å². The smallest absolute Gasteiger partial charge is 0.229 e. The Bertz CT molecular complexity index is 615. The number of benzene rings is 1. The van der Waals surface area contributed by atoms with Gasteiger partial charge in [-0.2, -0.15) is 0 Å². The molecule has 27 heavy (non-hydrogen) atoms. The fourth-order valence-corrected chi connectivity index (χ4v) is 3.58. The Kier molecular flexibility index (Phi) is 8.79. The first kappa shape index (κ1) is 21.4. The summed E-state index contributed by atoms with van der Waals surface area (Å²) in [4.78, 5) is 29.5. The molecule has 0 fully saturated rings. The van der Waals surface area contributed by atoms with Gasteiger partial charge in [-0.15, -0.1) is 0 Å². The zero-order valence-corrected chi connectivity index (χ0v) is 17.0. The average molecular weight is 374 g/mol. The molecular weight excluding hydrogens is 338 g/mol. The number of carbonyl (C=O) groups excluding carboxylic acids is 2. The molecule has 1 heterocycles. The van der Waals surface area contributed by atoms with E-state index in [0.717, 1.165) is 62.9 Å². The molecule has 5 heteroatoms. The number of anilines is 1. The number of nitrogens with zero attached hydrogens (tertiary/aromatic N) is 2. The van der Waals surface area contributed by atoms with Gasteiger partial charge in [0.2, 0.25) is 11.8 Å². The number of nitrogens with two attached hydrogens (primary N) is 1. The standard InChI is InChI=1S/C22H35N3O2/c1-18(2)22(27)25-16-9-5-3-4-8-15-24(21(26)13-10-14-23)17-19-11-6-7-12-20(19)25/h6-7,11-12,18H,3-5,8-10,13-17,23H2,1-2H3. The molecule has 1 aliphatic rings. The van der Waals surface area contributed by atoms with Crippen molar-refractivity contribution in [2.75, 3.05) is 24.5 Å². The molecule has 0 aromatic heterocycles. The topological polar surface area (TPSA) is 66.6 Å². The summed E-state index contributed by atoms with van der Waals surface area (Å²) in [6.45, 7) is 6.51. The molecule has 0 atom stereocenters. The number of hydrogen-bond acceptors (Lipinski definition) is 3. The molecule has 0 radical (unpaired) electrons. The molecule has 0 aliphatic carbocycles. The second-order valence-corrected chi connectivity index (χ2v) is 7.75. The monoisotopic (exact) mass is 373 g/mol. The highest BCUT2D eigenvalue weighted by atomic mass is 16.2. The van der Waals surface area contributed by atoms with Crippen molar-refractivity contribution in [2.45, 2.75) is 65.3 Å². The van der Waals surface area contributed by atoms with Gasteiger partial charge in [0.1, 0.15) is 0 Å². The van der Waals surface area contributed by atoms with Crippen LogP contribution in [0, 0.1) is 5.92 Å².